The van der Waals surface area contributed by atoms with Crippen molar-refractivity contribution in [1.29, 1.82) is 5.26 Å². The molecule has 0 fully saturated rings. The average molecular weight is 438 g/mol. The molecule has 0 saturated carbocycles. The first kappa shape index (κ1) is 22.1. The number of anilines is 2. The van der Waals surface area contributed by atoms with Crippen molar-refractivity contribution in [2.75, 3.05) is 23.4 Å². The highest BCUT2D eigenvalue weighted by Crippen LogP contribution is 2.34. The number of carbonyl (C=O) groups is 1. The molecule has 0 saturated heterocycles. The minimum absolute atomic E-state index is 0.577. The van der Waals surface area contributed by atoms with Gasteiger partial charge in [-0.15, -0.1) is 0 Å². The van der Waals surface area contributed by atoms with E-state index in [1.165, 1.54) is 11.3 Å². The molecule has 6 nitrogen and oxygen atoms in total. The summed E-state index contributed by atoms with van der Waals surface area (Å²) in [7, 11) is 2.06. The number of aliphatic imine (C=N–C) groups is 1. The van der Waals surface area contributed by atoms with Crippen LogP contribution in [0.1, 0.15) is 29.7 Å². The molecule has 0 bridgehead atoms. The second-order valence-electron chi connectivity index (χ2n) is 8.19. The molecule has 0 atom stereocenters. The van der Waals surface area contributed by atoms with Crippen molar-refractivity contribution in [2.45, 2.75) is 25.9 Å². The second kappa shape index (κ2) is 10.0. The first-order valence-corrected chi connectivity index (χ1v) is 11.0. The summed E-state index contributed by atoms with van der Waals surface area (Å²) in [6.45, 7) is 5.87. The molecule has 0 radical (unpaired) electrons. The smallest absolute Gasteiger partial charge is 0.120 e. The van der Waals surface area contributed by atoms with Gasteiger partial charge in [-0.1, -0.05) is 12.1 Å². The largest absolute Gasteiger partial charge is 0.375 e. The van der Waals surface area contributed by atoms with Gasteiger partial charge in [0.1, 0.15) is 6.29 Å². The number of aromatic nitrogens is 1. The van der Waals surface area contributed by atoms with Gasteiger partial charge >= 0.3 is 0 Å². The van der Waals surface area contributed by atoms with Gasteiger partial charge < -0.3 is 19.2 Å². The molecular formula is C27H27N5O. The number of benzene rings is 2. The summed E-state index contributed by atoms with van der Waals surface area (Å²) in [5.74, 6) is 0. The highest BCUT2D eigenvalue weighted by Gasteiger charge is 2.20. The van der Waals surface area contributed by atoms with Crippen LogP contribution in [0.15, 0.2) is 72.1 Å². The maximum absolute atomic E-state index is 10.7. The molecule has 33 heavy (non-hydrogen) atoms. The van der Waals surface area contributed by atoms with Gasteiger partial charge in [0.25, 0.3) is 0 Å². The molecule has 0 aliphatic carbocycles. The molecule has 1 aliphatic heterocycles. The van der Waals surface area contributed by atoms with Crippen molar-refractivity contribution in [1.82, 2.24) is 4.57 Å². The van der Waals surface area contributed by atoms with Gasteiger partial charge in [-0.05, 0) is 66.2 Å². The number of fused-ring (bicyclic) bond motifs is 2. The zero-order chi connectivity index (χ0) is 23.2. The van der Waals surface area contributed by atoms with E-state index in [0.29, 0.717) is 18.5 Å². The Kier molecular flexibility index (Phi) is 6.70. The zero-order valence-corrected chi connectivity index (χ0v) is 18.8. The first-order chi connectivity index (χ1) is 16.1. The van der Waals surface area contributed by atoms with Crippen molar-refractivity contribution in [3.05, 3.63) is 83.9 Å². The Labute approximate surface area is 194 Å². The number of unbranched alkanes of at least 4 members (excludes halogenated alkanes) is 1. The van der Waals surface area contributed by atoms with Crippen LogP contribution in [0.5, 0.6) is 0 Å². The number of nitriles is 1. The first-order valence-electron chi connectivity index (χ1n) is 11.0. The van der Waals surface area contributed by atoms with E-state index in [1.54, 1.807) is 6.20 Å². The Bertz CT molecular complexity index is 1220. The van der Waals surface area contributed by atoms with Crippen LogP contribution in [0.25, 0.3) is 11.1 Å². The van der Waals surface area contributed by atoms with Crippen molar-refractivity contribution in [2.24, 2.45) is 4.99 Å². The molecule has 1 aliphatic rings. The van der Waals surface area contributed by atoms with Crippen LogP contribution in [-0.4, -0.2) is 31.2 Å². The summed E-state index contributed by atoms with van der Waals surface area (Å²) in [4.78, 5) is 19.0. The van der Waals surface area contributed by atoms with Crippen LogP contribution in [0.3, 0.4) is 0 Å². The normalized spacial score (nSPS) is 12.5. The molecule has 0 amide bonds. The molecule has 2 aromatic carbocycles. The second-order valence-corrected chi connectivity index (χ2v) is 8.19. The molecule has 0 N–H and O–H groups in total. The Hall–Kier alpha value is -4.11. The number of carbonyl (C=O) groups excluding carboxylic acids is 1. The maximum Gasteiger partial charge on any atom is 0.120 e. The monoisotopic (exact) mass is 437 g/mol. The number of hydrogen-bond acceptors (Lipinski definition) is 5. The lowest BCUT2D eigenvalue weighted by Crippen LogP contribution is -2.19. The SMILES string of the molecule is C=N/C=C\N1Cc2cc(-c3ccc(C#N)cc3)cn2Cc2cc(N(C)CCCC=O)ccc21. The third-order valence-corrected chi connectivity index (χ3v) is 5.99. The van der Waals surface area contributed by atoms with E-state index in [4.69, 9.17) is 5.26 Å². The Morgan fingerprint density at radius 2 is 1.97 bits per heavy atom. The molecule has 166 valence electrons. The molecule has 2 heterocycles. The van der Waals surface area contributed by atoms with Gasteiger partial charge in [0.05, 0.1) is 18.2 Å². The molecule has 6 heteroatoms. The van der Waals surface area contributed by atoms with E-state index in [-0.39, 0.29) is 0 Å². The summed E-state index contributed by atoms with van der Waals surface area (Å²) in [6.07, 6.45) is 8.24. The molecule has 1 aromatic heterocycles. The molecule has 4 rings (SSSR count). The highest BCUT2D eigenvalue weighted by atomic mass is 16.1. The van der Waals surface area contributed by atoms with Gasteiger partial charge in [-0.25, -0.2) is 0 Å². The minimum Gasteiger partial charge on any atom is -0.375 e. The van der Waals surface area contributed by atoms with E-state index in [2.05, 4.69) is 69.7 Å². The lowest BCUT2D eigenvalue weighted by atomic mass is 10.1. The topological polar surface area (TPSA) is 64.6 Å². The van der Waals surface area contributed by atoms with Gasteiger partial charge in [-0.3, -0.25) is 4.99 Å². The fourth-order valence-corrected chi connectivity index (χ4v) is 4.19. The third-order valence-electron chi connectivity index (χ3n) is 5.99. The number of aldehydes is 1. The summed E-state index contributed by atoms with van der Waals surface area (Å²) < 4.78 is 2.29. The van der Waals surface area contributed by atoms with Gasteiger partial charge in [0, 0.05) is 62.2 Å². The summed E-state index contributed by atoms with van der Waals surface area (Å²) in [5, 5.41) is 9.08. The minimum atomic E-state index is 0.577. The third kappa shape index (κ3) is 4.88. The van der Waals surface area contributed by atoms with Crippen molar-refractivity contribution >= 4 is 24.4 Å². The number of nitrogens with zero attached hydrogens (tertiary/aromatic N) is 5. The highest BCUT2D eigenvalue weighted by molar-refractivity contribution is 5.68. The van der Waals surface area contributed by atoms with E-state index >= 15 is 0 Å². The fraction of sp³-hybridized carbons (Fsp3) is 0.222. The Balaban J connectivity index is 1.69. The lowest BCUT2D eigenvalue weighted by Gasteiger charge is -2.24. The van der Waals surface area contributed by atoms with E-state index in [0.717, 1.165) is 48.3 Å². The van der Waals surface area contributed by atoms with E-state index in [9.17, 15) is 4.79 Å². The Morgan fingerprint density at radius 1 is 1.15 bits per heavy atom. The standard InChI is InChI=1S/C27H27N5O/c1-29-11-13-31-20-26-15-23(22-7-5-21(17-28)6-8-22)18-32(26)19-24-16-25(9-10-27(24)31)30(2)12-3-4-14-33/h5-11,13-16,18H,1,3-4,12,19-20H2,2H3/b13-11-. The summed E-state index contributed by atoms with van der Waals surface area (Å²) >= 11 is 0. The van der Waals surface area contributed by atoms with Gasteiger partial charge in [-0.2, -0.15) is 5.26 Å². The predicted octanol–water partition coefficient (Wildman–Crippen LogP) is 4.98. The van der Waals surface area contributed by atoms with Crippen LogP contribution in [0, 0.1) is 11.3 Å². The molecule has 0 spiro atoms. The lowest BCUT2D eigenvalue weighted by molar-refractivity contribution is -0.107. The van der Waals surface area contributed by atoms with Crippen LogP contribution >= 0.6 is 0 Å². The number of rotatable bonds is 8. The molecule has 0 unspecified atom stereocenters. The van der Waals surface area contributed by atoms with Crippen molar-refractivity contribution < 1.29 is 4.79 Å². The average Bonchev–Trinajstić information content (AvgIpc) is 3.17. The van der Waals surface area contributed by atoms with Crippen molar-refractivity contribution in [3.63, 3.8) is 0 Å². The van der Waals surface area contributed by atoms with Gasteiger partial charge in [0.2, 0.25) is 0 Å². The zero-order valence-electron chi connectivity index (χ0n) is 18.8. The van der Waals surface area contributed by atoms with E-state index in [1.807, 2.05) is 30.5 Å². The Morgan fingerprint density at radius 3 is 2.70 bits per heavy atom. The number of hydrogen-bond donors (Lipinski definition) is 0. The van der Waals surface area contributed by atoms with E-state index < -0.39 is 0 Å². The maximum atomic E-state index is 10.7. The summed E-state index contributed by atoms with van der Waals surface area (Å²) in [6, 6.07) is 18.6. The van der Waals surface area contributed by atoms with Crippen LogP contribution in [0.2, 0.25) is 0 Å². The predicted molar refractivity (Wildman–Crippen MR) is 134 cm³/mol. The molecule has 3 aromatic rings. The fourth-order valence-electron chi connectivity index (χ4n) is 4.19. The quantitative estimate of drug-likeness (QED) is 0.283. The van der Waals surface area contributed by atoms with Gasteiger partial charge in [0.15, 0.2) is 0 Å². The van der Waals surface area contributed by atoms with Crippen LogP contribution in [-0.2, 0) is 17.9 Å². The van der Waals surface area contributed by atoms with Crippen LogP contribution in [0.4, 0.5) is 11.4 Å². The summed E-state index contributed by atoms with van der Waals surface area (Å²) in [5.41, 5.74) is 7.56. The van der Waals surface area contributed by atoms with Crippen LogP contribution < -0.4 is 9.80 Å². The van der Waals surface area contributed by atoms with Crippen molar-refractivity contribution in [3.8, 4) is 17.2 Å². The molecular weight excluding hydrogens is 410 g/mol.